The molecular formula is C15H21ClFN. The number of rotatable bonds is 3. The van der Waals surface area contributed by atoms with E-state index in [9.17, 15) is 4.39 Å². The topological polar surface area (TPSA) is 12.0 Å². The maximum atomic E-state index is 13.1. The third-order valence-corrected chi connectivity index (χ3v) is 4.24. The largest absolute Gasteiger partial charge is 0.382 e. The molecule has 2 atom stereocenters. The van der Waals surface area contributed by atoms with Crippen LogP contribution in [-0.4, -0.2) is 6.04 Å². The van der Waals surface area contributed by atoms with Gasteiger partial charge in [0.2, 0.25) is 0 Å². The van der Waals surface area contributed by atoms with E-state index in [1.807, 2.05) is 0 Å². The number of hydrogen-bond acceptors (Lipinski definition) is 1. The van der Waals surface area contributed by atoms with Crippen LogP contribution >= 0.6 is 11.6 Å². The van der Waals surface area contributed by atoms with Crippen molar-refractivity contribution < 1.29 is 4.39 Å². The van der Waals surface area contributed by atoms with E-state index in [0.717, 1.165) is 5.69 Å². The van der Waals surface area contributed by atoms with E-state index in [4.69, 9.17) is 11.6 Å². The van der Waals surface area contributed by atoms with Gasteiger partial charge in [-0.25, -0.2) is 4.39 Å². The Hall–Kier alpha value is -0.760. The average molecular weight is 270 g/mol. The predicted octanol–water partition coefficient (Wildman–Crippen LogP) is 5.11. The summed E-state index contributed by atoms with van der Waals surface area (Å²) in [6.45, 7) is 4.56. The summed E-state index contributed by atoms with van der Waals surface area (Å²) in [4.78, 5) is 0. The van der Waals surface area contributed by atoms with Crippen molar-refractivity contribution in [3.8, 4) is 0 Å². The second-order valence-corrected chi connectivity index (χ2v) is 5.98. The highest BCUT2D eigenvalue weighted by molar-refractivity contribution is 6.31. The summed E-state index contributed by atoms with van der Waals surface area (Å²) in [5, 5.41) is 3.72. The van der Waals surface area contributed by atoms with E-state index in [1.165, 1.54) is 31.7 Å². The molecule has 0 bridgehead atoms. The number of nitrogens with one attached hydrogen (secondary N) is 1. The first-order valence-electron chi connectivity index (χ1n) is 6.79. The van der Waals surface area contributed by atoms with E-state index in [-0.39, 0.29) is 10.8 Å². The Kier molecular flexibility index (Phi) is 4.50. The lowest BCUT2D eigenvalue weighted by Crippen LogP contribution is -2.35. The summed E-state index contributed by atoms with van der Waals surface area (Å²) >= 11 is 5.82. The lowest BCUT2D eigenvalue weighted by molar-refractivity contribution is 0.254. The summed E-state index contributed by atoms with van der Waals surface area (Å²) < 4.78 is 13.1. The molecule has 1 aromatic rings. The van der Waals surface area contributed by atoms with Gasteiger partial charge in [0.05, 0.1) is 5.02 Å². The number of halogens is 2. The maximum Gasteiger partial charge on any atom is 0.141 e. The monoisotopic (exact) mass is 269 g/mol. The zero-order valence-corrected chi connectivity index (χ0v) is 11.8. The van der Waals surface area contributed by atoms with Crippen LogP contribution in [0.5, 0.6) is 0 Å². The van der Waals surface area contributed by atoms with Gasteiger partial charge in [-0.15, -0.1) is 0 Å². The van der Waals surface area contributed by atoms with Gasteiger partial charge in [-0.2, -0.15) is 0 Å². The minimum atomic E-state index is -0.355. The van der Waals surface area contributed by atoms with Crippen LogP contribution in [0.3, 0.4) is 0 Å². The van der Waals surface area contributed by atoms with Crippen molar-refractivity contribution in [3.05, 3.63) is 29.0 Å². The third kappa shape index (κ3) is 3.17. The van der Waals surface area contributed by atoms with Gasteiger partial charge in [0.25, 0.3) is 0 Å². The Balaban J connectivity index is 2.08. The maximum absolute atomic E-state index is 13.1. The zero-order valence-electron chi connectivity index (χ0n) is 11.0. The quantitative estimate of drug-likeness (QED) is 0.804. The molecule has 0 heterocycles. The molecule has 0 amide bonds. The van der Waals surface area contributed by atoms with Crippen molar-refractivity contribution in [1.29, 1.82) is 0 Å². The highest BCUT2D eigenvalue weighted by Gasteiger charge is 2.27. The smallest absolute Gasteiger partial charge is 0.141 e. The third-order valence-electron chi connectivity index (χ3n) is 3.95. The van der Waals surface area contributed by atoms with E-state index in [1.54, 1.807) is 12.1 Å². The molecule has 1 aliphatic rings. The molecule has 0 radical (unpaired) electrons. The summed E-state index contributed by atoms with van der Waals surface area (Å²) in [5.41, 5.74) is 0.930. The Labute approximate surface area is 114 Å². The molecule has 0 aliphatic heterocycles. The minimum absolute atomic E-state index is 0.192. The van der Waals surface area contributed by atoms with Crippen LogP contribution < -0.4 is 5.32 Å². The normalized spacial score (nSPS) is 24.3. The van der Waals surface area contributed by atoms with Crippen LogP contribution in [0, 0.1) is 17.7 Å². The van der Waals surface area contributed by atoms with Crippen molar-refractivity contribution in [2.75, 3.05) is 5.32 Å². The highest BCUT2D eigenvalue weighted by atomic mass is 35.5. The first kappa shape index (κ1) is 13.7. The van der Waals surface area contributed by atoms with E-state index in [0.29, 0.717) is 17.9 Å². The van der Waals surface area contributed by atoms with Crippen molar-refractivity contribution >= 4 is 17.3 Å². The lowest BCUT2D eigenvalue weighted by atomic mass is 9.78. The molecule has 18 heavy (non-hydrogen) atoms. The Morgan fingerprint density at radius 1 is 1.28 bits per heavy atom. The van der Waals surface area contributed by atoms with Crippen molar-refractivity contribution in [2.24, 2.45) is 11.8 Å². The predicted molar refractivity (Wildman–Crippen MR) is 75.6 cm³/mol. The number of benzene rings is 1. The van der Waals surface area contributed by atoms with Crippen LogP contribution in [0.4, 0.5) is 10.1 Å². The van der Waals surface area contributed by atoms with Gasteiger partial charge in [0.1, 0.15) is 5.82 Å². The van der Waals surface area contributed by atoms with Crippen LogP contribution in [-0.2, 0) is 0 Å². The van der Waals surface area contributed by atoms with Crippen LogP contribution in [0.15, 0.2) is 18.2 Å². The molecule has 3 heteroatoms. The van der Waals surface area contributed by atoms with E-state index < -0.39 is 0 Å². The average Bonchev–Trinajstić information content (AvgIpc) is 2.34. The molecule has 1 N–H and O–H groups in total. The highest BCUT2D eigenvalue weighted by Crippen LogP contribution is 2.32. The van der Waals surface area contributed by atoms with Crippen LogP contribution in [0.25, 0.3) is 0 Å². The zero-order chi connectivity index (χ0) is 13.1. The van der Waals surface area contributed by atoms with Crippen LogP contribution in [0.1, 0.15) is 39.5 Å². The minimum Gasteiger partial charge on any atom is -0.382 e. The number of hydrogen-bond donors (Lipinski definition) is 1. The molecule has 1 aliphatic carbocycles. The molecule has 100 valence electrons. The van der Waals surface area contributed by atoms with Gasteiger partial charge in [-0.05, 0) is 42.9 Å². The van der Waals surface area contributed by atoms with Crippen molar-refractivity contribution in [2.45, 2.75) is 45.6 Å². The molecule has 1 nitrogen and oxygen atoms in total. The molecule has 0 aromatic heterocycles. The molecule has 1 fully saturated rings. The second-order valence-electron chi connectivity index (χ2n) is 5.57. The first-order chi connectivity index (χ1) is 8.58. The Morgan fingerprint density at radius 2 is 2.00 bits per heavy atom. The standard InChI is InChI=1S/C15H21ClFN/c1-10(2)12-5-3-4-6-15(12)18-11-7-8-14(17)13(16)9-11/h7-10,12,15,18H,3-6H2,1-2H3. The van der Waals surface area contributed by atoms with Gasteiger partial charge < -0.3 is 5.32 Å². The van der Waals surface area contributed by atoms with Gasteiger partial charge in [0.15, 0.2) is 0 Å². The fourth-order valence-electron chi connectivity index (χ4n) is 2.94. The SMILES string of the molecule is CC(C)C1CCCCC1Nc1ccc(F)c(Cl)c1. The molecule has 1 aromatic carbocycles. The summed E-state index contributed by atoms with van der Waals surface area (Å²) in [6.07, 6.45) is 5.07. The van der Waals surface area contributed by atoms with Gasteiger partial charge in [-0.1, -0.05) is 38.3 Å². The van der Waals surface area contributed by atoms with Crippen molar-refractivity contribution in [1.82, 2.24) is 0 Å². The lowest BCUT2D eigenvalue weighted by Gasteiger charge is -2.35. The molecule has 0 spiro atoms. The molecule has 2 rings (SSSR count). The van der Waals surface area contributed by atoms with E-state index >= 15 is 0 Å². The van der Waals surface area contributed by atoms with Gasteiger partial charge in [-0.3, -0.25) is 0 Å². The summed E-state index contributed by atoms with van der Waals surface area (Å²) in [5.74, 6) is 1.02. The Bertz CT molecular complexity index is 405. The molecule has 1 saturated carbocycles. The van der Waals surface area contributed by atoms with Gasteiger partial charge in [0, 0.05) is 11.7 Å². The first-order valence-corrected chi connectivity index (χ1v) is 7.17. The molecular weight excluding hydrogens is 249 g/mol. The van der Waals surface area contributed by atoms with Gasteiger partial charge >= 0.3 is 0 Å². The number of anilines is 1. The fourth-order valence-corrected chi connectivity index (χ4v) is 3.12. The summed E-state index contributed by atoms with van der Waals surface area (Å²) in [6, 6.07) is 5.37. The molecule has 2 unspecified atom stereocenters. The summed E-state index contributed by atoms with van der Waals surface area (Å²) in [7, 11) is 0. The second kappa shape index (κ2) is 5.92. The fraction of sp³-hybridized carbons (Fsp3) is 0.600. The van der Waals surface area contributed by atoms with E-state index in [2.05, 4.69) is 19.2 Å². The van der Waals surface area contributed by atoms with Crippen molar-refractivity contribution in [3.63, 3.8) is 0 Å². The Morgan fingerprint density at radius 3 is 2.67 bits per heavy atom. The molecule has 0 saturated heterocycles. The van der Waals surface area contributed by atoms with Crippen LogP contribution in [0.2, 0.25) is 5.02 Å².